The zero-order valence-corrected chi connectivity index (χ0v) is 24.3. The lowest BCUT2D eigenvalue weighted by molar-refractivity contribution is -0.193. The highest BCUT2D eigenvalue weighted by Gasteiger charge is 2.39. The molecule has 45 heavy (non-hydrogen) atoms. The standard InChI is InChI=1S/C25H28N6.2C2HF3O2/c1-18-12-19(2)14-20(13-18)15-30-11-10-29(3)24(17-30)25-23-5-4-22(16-31(23)28-27-25)21-6-8-26-9-7-21;2*3-2(4,5)1(6)7/h4-9,12-14,16,24H,10-11,15,17H2,1-3H3;2*(H,6,7). The van der Waals surface area contributed by atoms with Gasteiger partial charge in [0, 0.05) is 50.3 Å². The van der Waals surface area contributed by atoms with Gasteiger partial charge in [-0.3, -0.25) is 14.8 Å². The largest absolute Gasteiger partial charge is 0.490 e. The number of aryl methyl sites for hydroxylation is 2. The number of alkyl halides is 6. The van der Waals surface area contributed by atoms with Crippen molar-refractivity contribution in [2.75, 3.05) is 26.7 Å². The fourth-order valence-electron chi connectivity index (χ4n) is 4.65. The van der Waals surface area contributed by atoms with Crippen LogP contribution < -0.4 is 0 Å². The SMILES string of the molecule is Cc1cc(C)cc(CN2CCN(C)C(c3nnn4cc(-c5ccncc5)ccc34)C2)c1.O=C(O)C(F)(F)F.O=C(O)C(F)(F)F. The molecule has 2 N–H and O–H groups in total. The normalized spacial score (nSPS) is 15.9. The summed E-state index contributed by atoms with van der Waals surface area (Å²) in [5.74, 6) is -5.51. The topological polar surface area (TPSA) is 124 Å². The second-order valence-corrected chi connectivity index (χ2v) is 10.3. The molecule has 1 aromatic carbocycles. The summed E-state index contributed by atoms with van der Waals surface area (Å²) >= 11 is 0. The molecule has 0 bridgehead atoms. The Kier molecular flexibility index (Phi) is 11.2. The van der Waals surface area contributed by atoms with Crippen LogP contribution in [0.1, 0.15) is 28.4 Å². The number of aliphatic carboxylic acids is 2. The third-order valence-electron chi connectivity index (χ3n) is 6.67. The van der Waals surface area contributed by atoms with Gasteiger partial charge < -0.3 is 10.2 Å². The summed E-state index contributed by atoms with van der Waals surface area (Å²) in [5, 5.41) is 23.3. The van der Waals surface area contributed by atoms with Crippen LogP contribution in [0, 0.1) is 13.8 Å². The highest BCUT2D eigenvalue weighted by atomic mass is 19.4. The van der Waals surface area contributed by atoms with Gasteiger partial charge in [0.25, 0.3) is 0 Å². The molecule has 242 valence electrons. The minimum absolute atomic E-state index is 0.226. The molecule has 1 saturated heterocycles. The molecule has 10 nitrogen and oxygen atoms in total. The molecule has 0 radical (unpaired) electrons. The summed E-state index contributed by atoms with van der Waals surface area (Å²) in [6.45, 7) is 8.34. The van der Waals surface area contributed by atoms with E-state index < -0.39 is 24.3 Å². The zero-order valence-electron chi connectivity index (χ0n) is 24.3. The van der Waals surface area contributed by atoms with E-state index in [1.54, 1.807) is 0 Å². The quantitative estimate of drug-likeness (QED) is 0.291. The number of hydrogen-bond acceptors (Lipinski definition) is 7. The number of halogens is 6. The Bertz CT molecular complexity index is 1570. The van der Waals surface area contributed by atoms with E-state index in [4.69, 9.17) is 19.8 Å². The smallest absolute Gasteiger partial charge is 0.475 e. The Labute approximate surface area is 253 Å². The van der Waals surface area contributed by atoms with E-state index in [0.717, 1.165) is 48.5 Å². The first-order valence-corrected chi connectivity index (χ1v) is 13.3. The number of carbonyl (C=O) groups is 2. The van der Waals surface area contributed by atoms with Gasteiger partial charge in [-0.15, -0.1) is 5.10 Å². The predicted molar refractivity (Wildman–Crippen MR) is 150 cm³/mol. The van der Waals surface area contributed by atoms with Gasteiger partial charge in [-0.25, -0.2) is 14.1 Å². The van der Waals surface area contributed by atoms with Crippen molar-refractivity contribution in [2.24, 2.45) is 0 Å². The summed E-state index contributed by atoms with van der Waals surface area (Å²) < 4.78 is 65.4. The second kappa shape index (κ2) is 14.5. The summed E-state index contributed by atoms with van der Waals surface area (Å²) in [5.41, 5.74) is 8.40. The molecule has 0 aliphatic carbocycles. The highest BCUT2D eigenvalue weighted by Crippen LogP contribution is 2.28. The summed E-state index contributed by atoms with van der Waals surface area (Å²) in [4.78, 5) is 26.8. The number of benzene rings is 1. The summed E-state index contributed by atoms with van der Waals surface area (Å²) in [6.07, 6.45) is -4.49. The molecule has 0 spiro atoms. The van der Waals surface area contributed by atoms with E-state index in [2.05, 4.69) is 82.5 Å². The van der Waals surface area contributed by atoms with Crippen LogP contribution in [-0.2, 0) is 16.1 Å². The van der Waals surface area contributed by atoms with E-state index in [1.807, 2.05) is 29.0 Å². The number of rotatable bonds is 4. The molecular formula is C29H30F6N6O4. The average Bonchev–Trinajstić information content (AvgIpc) is 3.37. The monoisotopic (exact) mass is 640 g/mol. The first-order chi connectivity index (χ1) is 21.0. The van der Waals surface area contributed by atoms with Crippen LogP contribution in [0.2, 0.25) is 0 Å². The minimum Gasteiger partial charge on any atom is -0.475 e. The molecule has 0 saturated carbocycles. The molecule has 1 atom stereocenters. The lowest BCUT2D eigenvalue weighted by Crippen LogP contribution is -2.46. The van der Waals surface area contributed by atoms with Crippen molar-refractivity contribution in [3.63, 3.8) is 0 Å². The lowest BCUT2D eigenvalue weighted by Gasteiger charge is -2.38. The molecular weight excluding hydrogens is 610 g/mol. The first-order valence-electron chi connectivity index (χ1n) is 13.3. The predicted octanol–water partition coefficient (Wildman–Crippen LogP) is 5.16. The zero-order chi connectivity index (χ0) is 33.5. The number of fused-ring (bicyclic) bond motifs is 1. The van der Waals surface area contributed by atoms with Crippen molar-refractivity contribution < 1.29 is 46.1 Å². The van der Waals surface area contributed by atoms with Gasteiger partial charge in [0.15, 0.2) is 0 Å². The maximum absolute atomic E-state index is 10.6. The molecule has 4 heterocycles. The third kappa shape index (κ3) is 9.97. The average molecular weight is 641 g/mol. The van der Waals surface area contributed by atoms with Crippen LogP contribution in [0.15, 0.2) is 61.1 Å². The fourth-order valence-corrected chi connectivity index (χ4v) is 4.65. The van der Waals surface area contributed by atoms with Gasteiger partial charge in [-0.2, -0.15) is 26.3 Å². The van der Waals surface area contributed by atoms with E-state index in [1.165, 1.54) is 16.7 Å². The Hall–Kier alpha value is -4.57. The second-order valence-electron chi connectivity index (χ2n) is 10.3. The maximum atomic E-state index is 10.6. The number of nitrogens with zero attached hydrogens (tertiary/aromatic N) is 6. The van der Waals surface area contributed by atoms with Gasteiger partial charge in [-0.05, 0) is 50.2 Å². The van der Waals surface area contributed by atoms with Crippen molar-refractivity contribution in [1.29, 1.82) is 0 Å². The summed E-state index contributed by atoms with van der Waals surface area (Å²) in [6, 6.07) is 15.4. The Balaban J connectivity index is 0.000000331. The van der Waals surface area contributed by atoms with Gasteiger partial charge in [-0.1, -0.05) is 40.6 Å². The number of carboxylic acid groups (broad SMARTS) is 2. The van der Waals surface area contributed by atoms with E-state index in [0.29, 0.717) is 0 Å². The fraction of sp³-hybridized carbons (Fsp3) is 0.345. The first kappa shape index (κ1) is 34.9. The van der Waals surface area contributed by atoms with Crippen LogP contribution in [0.4, 0.5) is 26.3 Å². The molecule has 4 aromatic rings. The number of pyridine rings is 2. The molecule has 16 heteroatoms. The van der Waals surface area contributed by atoms with Crippen molar-refractivity contribution in [1.82, 2.24) is 29.6 Å². The van der Waals surface area contributed by atoms with E-state index >= 15 is 0 Å². The van der Waals surface area contributed by atoms with Crippen LogP contribution in [0.5, 0.6) is 0 Å². The minimum atomic E-state index is -5.08. The van der Waals surface area contributed by atoms with Crippen LogP contribution in [-0.4, -0.2) is 90.8 Å². The molecule has 1 unspecified atom stereocenters. The number of aromatic nitrogens is 4. The molecule has 0 amide bonds. The molecule has 1 aliphatic rings. The molecule has 1 aliphatic heterocycles. The number of hydrogen-bond donors (Lipinski definition) is 2. The van der Waals surface area contributed by atoms with Gasteiger partial charge in [0.2, 0.25) is 0 Å². The Morgan fingerprint density at radius 2 is 1.42 bits per heavy atom. The molecule has 3 aromatic heterocycles. The maximum Gasteiger partial charge on any atom is 0.490 e. The number of likely N-dealkylation sites (N-methyl/N-ethyl adjacent to an activating group) is 1. The van der Waals surface area contributed by atoms with Crippen LogP contribution >= 0.6 is 0 Å². The van der Waals surface area contributed by atoms with E-state index in [9.17, 15) is 26.3 Å². The van der Waals surface area contributed by atoms with Gasteiger partial charge in [0.1, 0.15) is 5.69 Å². The Morgan fingerprint density at radius 3 is 1.96 bits per heavy atom. The number of piperazine rings is 1. The summed E-state index contributed by atoms with van der Waals surface area (Å²) in [7, 11) is 2.19. The van der Waals surface area contributed by atoms with Crippen LogP contribution in [0.3, 0.4) is 0 Å². The van der Waals surface area contributed by atoms with Crippen LogP contribution in [0.25, 0.3) is 16.6 Å². The van der Waals surface area contributed by atoms with Crippen molar-refractivity contribution >= 4 is 17.5 Å². The van der Waals surface area contributed by atoms with Crippen molar-refractivity contribution in [3.8, 4) is 11.1 Å². The van der Waals surface area contributed by atoms with E-state index in [-0.39, 0.29) is 6.04 Å². The lowest BCUT2D eigenvalue weighted by atomic mass is 10.0. The number of carboxylic acids is 2. The van der Waals surface area contributed by atoms with Crippen molar-refractivity contribution in [2.45, 2.75) is 38.8 Å². The molecule has 5 rings (SSSR count). The third-order valence-corrected chi connectivity index (χ3v) is 6.67. The van der Waals surface area contributed by atoms with Gasteiger partial charge in [0.05, 0.1) is 11.6 Å². The van der Waals surface area contributed by atoms with Crippen molar-refractivity contribution in [3.05, 3.63) is 83.4 Å². The molecule has 1 fully saturated rings. The Morgan fingerprint density at radius 1 is 0.867 bits per heavy atom. The highest BCUT2D eigenvalue weighted by molar-refractivity contribution is 5.73. The van der Waals surface area contributed by atoms with Gasteiger partial charge >= 0.3 is 24.3 Å².